The monoisotopic (exact) mass is 784 g/mol. The maximum Gasteiger partial charge on any atom is 0.248 e. The van der Waals surface area contributed by atoms with Crippen molar-refractivity contribution in [2.45, 2.75) is 128 Å². The van der Waals surface area contributed by atoms with Gasteiger partial charge in [0.1, 0.15) is 48.4 Å². The van der Waals surface area contributed by atoms with Crippen LogP contribution in [0.5, 0.6) is 0 Å². The lowest BCUT2D eigenvalue weighted by Crippen LogP contribution is -2.69. The maximum absolute atomic E-state index is 14.2. The third-order valence-electron chi connectivity index (χ3n) is 10.7. The number of fused-ring (bicyclic) bond motifs is 3. The smallest absolute Gasteiger partial charge is 0.248 e. The highest BCUT2D eigenvalue weighted by Crippen LogP contribution is 2.24. The molecule has 0 spiro atoms. The number of rotatable bonds is 8. The van der Waals surface area contributed by atoms with Crippen molar-refractivity contribution in [2.75, 3.05) is 13.1 Å². The fourth-order valence-corrected chi connectivity index (χ4v) is 7.28. The van der Waals surface area contributed by atoms with Gasteiger partial charge in [-0.3, -0.25) is 38.4 Å². The van der Waals surface area contributed by atoms with Crippen molar-refractivity contribution in [3.05, 3.63) is 35.9 Å². The molecule has 3 saturated heterocycles. The number of hydrogen-bond donors (Lipinski definition) is 8. The van der Waals surface area contributed by atoms with Gasteiger partial charge in [-0.05, 0) is 43.6 Å². The summed E-state index contributed by atoms with van der Waals surface area (Å²) in [6.07, 6.45) is -3.05. The summed E-state index contributed by atoms with van der Waals surface area (Å²) in [5.74, 6) is -7.18. The Morgan fingerprint density at radius 2 is 1.46 bits per heavy atom. The molecule has 0 radical (unpaired) electrons. The molecule has 3 heterocycles. The lowest BCUT2D eigenvalue weighted by Gasteiger charge is -2.43. The third-order valence-corrected chi connectivity index (χ3v) is 10.7. The SMILES string of the molecule is CC[C@H](C)[C@H]1NC(=O)[C@H](C)NC(=O)[C@H](CC(C)C)N2C[C@@H](O)[C@@H](O)[C@H](NC(=O)[C@H](CC(N)=O)NC(=O)[C@H](Cc3ccccc3)NC(=O)[C@@H]3CCCN3C1=O)C2=O. The van der Waals surface area contributed by atoms with Crippen molar-refractivity contribution in [3.63, 3.8) is 0 Å². The molecule has 1 aromatic rings. The normalized spacial score (nSPS) is 30.6. The molecule has 308 valence electrons. The number of amides is 8. The first kappa shape index (κ1) is 43.6. The summed E-state index contributed by atoms with van der Waals surface area (Å²) in [5, 5.41) is 34.7. The van der Waals surface area contributed by atoms with Crippen LogP contribution in [0.1, 0.15) is 72.3 Å². The van der Waals surface area contributed by atoms with E-state index in [9.17, 15) is 48.6 Å². The van der Waals surface area contributed by atoms with Gasteiger partial charge in [0.25, 0.3) is 0 Å². The first-order valence-electron chi connectivity index (χ1n) is 19.2. The summed E-state index contributed by atoms with van der Waals surface area (Å²) in [6.45, 7) is 8.30. The van der Waals surface area contributed by atoms with Gasteiger partial charge in [0.05, 0.1) is 19.1 Å². The summed E-state index contributed by atoms with van der Waals surface area (Å²) in [6, 6.07) is -0.793. The molecule has 0 unspecified atom stereocenters. The minimum atomic E-state index is -1.85. The third kappa shape index (κ3) is 10.6. The van der Waals surface area contributed by atoms with E-state index >= 15 is 0 Å². The Labute approximate surface area is 326 Å². The fourth-order valence-electron chi connectivity index (χ4n) is 7.28. The standard InChI is InChI=1S/C38H56N8O10/c1-6-20(4)29-37(55)45-14-10-13-25(45)35(53)42-23(16-22-11-8-7-9-12-22)33(51)41-24(17-28(39)48)34(52)44-30-31(49)27(47)18-46(38(30)56)26(15-19(2)3)36(54)40-21(5)32(50)43-29/h7-9,11-12,19-21,23-27,29-31,47,49H,6,10,13-18H2,1-5H3,(H2,39,48)(H,40,54)(H,41,51)(H,42,53)(H,43,50)(H,44,52)/t20-,21-,23-,24-,25-,26-,27+,29+,30-,31+/m0/s1. The number of nitrogens with one attached hydrogen (secondary N) is 5. The van der Waals surface area contributed by atoms with Gasteiger partial charge in [-0.1, -0.05) is 64.4 Å². The summed E-state index contributed by atoms with van der Waals surface area (Å²) >= 11 is 0. The van der Waals surface area contributed by atoms with E-state index in [0.29, 0.717) is 18.4 Å². The van der Waals surface area contributed by atoms with E-state index < -0.39 is 121 Å². The van der Waals surface area contributed by atoms with E-state index in [0.717, 1.165) is 4.90 Å². The number of nitrogens with zero attached hydrogens (tertiary/aromatic N) is 2. The summed E-state index contributed by atoms with van der Waals surface area (Å²) in [7, 11) is 0. The molecule has 0 saturated carbocycles. The molecule has 4 rings (SSSR count). The topological polar surface area (TPSA) is 270 Å². The number of nitrogens with two attached hydrogens (primary N) is 1. The highest BCUT2D eigenvalue weighted by Gasteiger charge is 2.47. The van der Waals surface area contributed by atoms with Gasteiger partial charge < -0.3 is 52.3 Å². The van der Waals surface area contributed by atoms with Gasteiger partial charge >= 0.3 is 0 Å². The van der Waals surface area contributed by atoms with Gasteiger partial charge in [0.15, 0.2) is 0 Å². The minimum Gasteiger partial charge on any atom is -0.388 e. The molecule has 10 atom stereocenters. The summed E-state index contributed by atoms with van der Waals surface area (Å²) < 4.78 is 0. The average molecular weight is 785 g/mol. The van der Waals surface area contributed by atoms with Crippen LogP contribution in [0.4, 0.5) is 0 Å². The predicted octanol–water partition coefficient (Wildman–Crippen LogP) is -2.42. The van der Waals surface area contributed by atoms with Crippen LogP contribution in [0.2, 0.25) is 0 Å². The molecule has 8 amide bonds. The lowest BCUT2D eigenvalue weighted by atomic mass is 9.93. The Hall–Kier alpha value is -5.10. The Balaban J connectivity index is 1.80. The van der Waals surface area contributed by atoms with Crippen molar-refractivity contribution in [1.82, 2.24) is 36.4 Å². The molecular weight excluding hydrogens is 728 g/mol. The second-order valence-corrected chi connectivity index (χ2v) is 15.5. The molecule has 56 heavy (non-hydrogen) atoms. The number of benzene rings is 1. The summed E-state index contributed by atoms with van der Waals surface area (Å²) in [5.41, 5.74) is 6.09. The van der Waals surface area contributed by atoms with E-state index in [2.05, 4.69) is 26.6 Å². The largest absolute Gasteiger partial charge is 0.388 e. The van der Waals surface area contributed by atoms with Crippen molar-refractivity contribution in [1.29, 1.82) is 0 Å². The summed E-state index contributed by atoms with van der Waals surface area (Å²) in [4.78, 5) is 112. The van der Waals surface area contributed by atoms with E-state index in [1.807, 2.05) is 6.92 Å². The molecule has 18 nitrogen and oxygen atoms in total. The van der Waals surface area contributed by atoms with E-state index in [4.69, 9.17) is 5.73 Å². The van der Waals surface area contributed by atoms with Crippen molar-refractivity contribution < 1.29 is 48.6 Å². The molecule has 0 aliphatic carbocycles. The van der Waals surface area contributed by atoms with Crippen molar-refractivity contribution >= 4 is 47.3 Å². The second-order valence-electron chi connectivity index (χ2n) is 15.5. The highest BCUT2D eigenvalue weighted by atomic mass is 16.3. The molecular formula is C38H56N8O10. The number of aliphatic hydroxyl groups is 2. The Morgan fingerprint density at radius 3 is 2.09 bits per heavy atom. The minimum absolute atomic E-state index is 0.0594. The number of primary amides is 1. The van der Waals surface area contributed by atoms with E-state index in [1.54, 1.807) is 51.1 Å². The number of carbonyl (C=O) groups excluding carboxylic acids is 8. The molecule has 0 aromatic heterocycles. The second kappa shape index (κ2) is 19.2. The zero-order valence-electron chi connectivity index (χ0n) is 32.5. The van der Waals surface area contributed by atoms with Crippen LogP contribution in [-0.4, -0.2) is 135 Å². The first-order valence-corrected chi connectivity index (χ1v) is 19.2. The molecule has 9 N–H and O–H groups in total. The molecule has 3 aliphatic rings. The molecule has 18 heteroatoms. The fraction of sp³-hybridized carbons (Fsp3) is 0.632. The maximum atomic E-state index is 14.2. The first-order chi connectivity index (χ1) is 26.4. The number of piperidine rings is 1. The van der Waals surface area contributed by atoms with Crippen LogP contribution >= 0.6 is 0 Å². The van der Waals surface area contributed by atoms with Crippen LogP contribution in [0.3, 0.4) is 0 Å². The van der Waals surface area contributed by atoms with Crippen LogP contribution in [0, 0.1) is 11.8 Å². The van der Waals surface area contributed by atoms with Crippen LogP contribution in [0.25, 0.3) is 0 Å². The van der Waals surface area contributed by atoms with Gasteiger partial charge in [-0.15, -0.1) is 0 Å². The van der Waals surface area contributed by atoms with Gasteiger partial charge in [0, 0.05) is 13.0 Å². The van der Waals surface area contributed by atoms with E-state index in [-0.39, 0.29) is 31.7 Å². The molecule has 2 bridgehead atoms. The average Bonchev–Trinajstić information content (AvgIpc) is 3.65. The number of carbonyl (C=O) groups is 8. The molecule has 3 fully saturated rings. The Morgan fingerprint density at radius 1 is 0.821 bits per heavy atom. The van der Waals surface area contributed by atoms with Crippen LogP contribution in [0.15, 0.2) is 30.3 Å². The number of hydrogen-bond acceptors (Lipinski definition) is 10. The van der Waals surface area contributed by atoms with Gasteiger partial charge in [-0.2, -0.15) is 0 Å². The van der Waals surface area contributed by atoms with Crippen LogP contribution in [-0.2, 0) is 44.8 Å². The predicted molar refractivity (Wildman–Crippen MR) is 200 cm³/mol. The quantitative estimate of drug-likeness (QED) is 0.138. The Kier molecular flexibility index (Phi) is 14.9. The molecule has 3 aliphatic heterocycles. The number of aliphatic hydroxyl groups excluding tert-OH is 2. The molecule has 1 aromatic carbocycles. The van der Waals surface area contributed by atoms with Crippen molar-refractivity contribution in [3.8, 4) is 0 Å². The van der Waals surface area contributed by atoms with Gasteiger partial charge in [0.2, 0.25) is 47.3 Å². The van der Waals surface area contributed by atoms with Crippen LogP contribution < -0.4 is 32.3 Å². The zero-order chi connectivity index (χ0) is 41.4. The van der Waals surface area contributed by atoms with E-state index in [1.165, 1.54) is 11.8 Å². The van der Waals surface area contributed by atoms with Crippen molar-refractivity contribution in [2.24, 2.45) is 17.6 Å². The lowest BCUT2D eigenvalue weighted by molar-refractivity contribution is -0.160. The highest BCUT2D eigenvalue weighted by molar-refractivity contribution is 6.00. The zero-order valence-corrected chi connectivity index (χ0v) is 32.5. The van der Waals surface area contributed by atoms with Gasteiger partial charge in [-0.25, -0.2) is 0 Å². The Bertz CT molecular complexity index is 1640.